The average molecular weight is 571 g/mol. The first-order valence-electron chi connectivity index (χ1n) is 14.0. The molecule has 0 fully saturated rings. The third-order valence-corrected chi connectivity index (χ3v) is 4.29. The van der Waals surface area contributed by atoms with Crippen molar-refractivity contribution in [3.63, 3.8) is 0 Å². The van der Waals surface area contributed by atoms with Crippen LogP contribution in [-0.4, -0.2) is 44.8 Å². The maximum Gasteiger partial charge on any atom is 0.161 e. The van der Waals surface area contributed by atoms with E-state index in [1.165, 1.54) is 0 Å². The van der Waals surface area contributed by atoms with Crippen LogP contribution in [0.3, 0.4) is 0 Å². The summed E-state index contributed by atoms with van der Waals surface area (Å²) >= 11 is 0. The van der Waals surface area contributed by atoms with Crippen molar-refractivity contribution >= 4 is 0 Å². The van der Waals surface area contributed by atoms with Crippen molar-refractivity contribution in [2.24, 2.45) is 0 Å². The highest BCUT2D eigenvalue weighted by molar-refractivity contribution is 5.22. The topological polar surface area (TPSA) is 73.8 Å². The molecule has 0 aliphatic rings. The molecule has 0 aliphatic heterocycles. The molecular weight excluding hydrogens is 512 g/mol. The Bertz CT molecular complexity index is 828. The molecule has 0 rings (SSSR count). The summed E-state index contributed by atoms with van der Waals surface area (Å²) in [6.07, 6.45) is 0.787. The summed E-state index contributed by atoms with van der Waals surface area (Å²) in [5.74, 6) is 12.7. The van der Waals surface area contributed by atoms with E-state index < -0.39 is 44.8 Å². The molecule has 40 heavy (non-hydrogen) atoms. The quantitative estimate of drug-likeness (QED) is 0.141. The average Bonchev–Trinajstić information content (AvgIpc) is 2.74. The van der Waals surface area contributed by atoms with Crippen LogP contribution in [0.15, 0.2) is 0 Å². The molecule has 0 spiro atoms. The van der Waals surface area contributed by atoms with Gasteiger partial charge in [0.1, 0.15) is 0 Å². The van der Waals surface area contributed by atoms with Crippen LogP contribution in [0.2, 0.25) is 0 Å². The van der Waals surface area contributed by atoms with Crippen LogP contribution in [0.1, 0.15) is 137 Å². The Balaban J connectivity index is 6.17. The van der Waals surface area contributed by atoms with Crippen LogP contribution in [0.25, 0.3) is 0 Å². The summed E-state index contributed by atoms with van der Waals surface area (Å²) in [5.41, 5.74) is -5.92. The van der Waals surface area contributed by atoms with E-state index in [4.69, 9.17) is 39.1 Å². The first-order chi connectivity index (χ1) is 17.4. The van der Waals surface area contributed by atoms with E-state index in [-0.39, 0.29) is 0 Å². The fourth-order valence-corrected chi connectivity index (χ4v) is 2.23. The summed E-state index contributed by atoms with van der Waals surface area (Å²) in [6.45, 7) is 33.9. The van der Waals surface area contributed by atoms with Gasteiger partial charge in [-0.25, -0.2) is 39.1 Å². The summed E-state index contributed by atoms with van der Waals surface area (Å²) in [5, 5.41) is 0. The van der Waals surface area contributed by atoms with E-state index in [0.717, 1.165) is 0 Å². The molecule has 0 aromatic carbocycles. The fourth-order valence-electron chi connectivity index (χ4n) is 2.23. The molecule has 0 saturated heterocycles. The molecule has 0 aromatic rings. The Labute approximate surface area is 245 Å². The molecule has 234 valence electrons. The van der Waals surface area contributed by atoms with E-state index in [0.29, 0.717) is 12.8 Å². The second-order valence-corrected chi connectivity index (χ2v) is 15.6. The lowest BCUT2D eigenvalue weighted by atomic mass is 9.91. The van der Waals surface area contributed by atoms with Crippen molar-refractivity contribution in [1.29, 1.82) is 0 Å². The molecule has 2 unspecified atom stereocenters. The molecule has 8 heteroatoms. The van der Waals surface area contributed by atoms with E-state index in [2.05, 4.69) is 23.7 Å². The zero-order chi connectivity index (χ0) is 31.9. The molecule has 0 amide bonds. The normalized spacial score (nSPS) is 16.8. The van der Waals surface area contributed by atoms with Crippen molar-refractivity contribution in [2.75, 3.05) is 0 Å². The van der Waals surface area contributed by atoms with Crippen molar-refractivity contribution in [3.05, 3.63) is 0 Å². The second kappa shape index (κ2) is 13.8. The van der Waals surface area contributed by atoms with Gasteiger partial charge in [0.25, 0.3) is 0 Å². The monoisotopic (exact) mass is 570 g/mol. The zero-order valence-corrected chi connectivity index (χ0v) is 28.7. The number of rotatable bonds is 11. The molecule has 0 heterocycles. The number of hydrogen-bond donors (Lipinski definition) is 0. The third kappa shape index (κ3) is 20.6. The maximum atomic E-state index is 5.94. The molecule has 0 N–H and O–H groups in total. The highest BCUT2D eigenvalue weighted by Gasteiger charge is 2.35. The van der Waals surface area contributed by atoms with Gasteiger partial charge in [0.2, 0.25) is 0 Å². The van der Waals surface area contributed by atoms with Crippen molar-refractivity contribution < 1.29 is 39.1 Å². The molecule has 0 aromatic heterocycles. The van der Waals surface area contributed by atoms with Crippen LogP contribution >= 0.6 is 0 Å². The van der Waals surface area contributed by atoms with Crippen LogP contribution in [0.4, 0.5) is 0 Å². The lowest BCUT2D eigenvalue weighted by Crippen LogP contribution is -2.38. The summed E-state index contributed by atoms with van der Waals surface area (Å²) in [4.78, 5) is 45.5. The van der Waals surface area contributed by atoms with Gasteiger partial charge in [0, 0.05) is 0 Å². The van der Waals surface area contributed by atoms with Crippen LogP contribution < -0.4 is 0 Å². The third-order valence-electron chi connectivity index (χ3n) is 4.29. The smallest absolute Gasteiger partial charge is 0.161 e. The highest BCUT2D eigenvalue weighted by Crippen LogP contribution is 2.29. The predicted octanol–water partition coefficient (Wildman–Crippen LogP) is 7.83. The SMILES string of the molecule is CC(C)(C)OOC(C)(C)C#CC(C)(CCC(C)(C#CC(C)(C)OOC(C)(C)C)OOC(C)(C)C)OOC(C)(C)C. The summed E-state index contributed by atoms with van der Waals surface area (Å²) < 4.78 is 0. The summed E-state index contributed by atoms with van der Waals surface area (Å²) in [7, 11) is 0. The van der Waals surface area contributed by atoms with Crippen molar-refractivity contribution in [2.45, 2.75) is 182 Å². The van der Waals surface area contributed by atoms with Gasteiger partial charge < -0.3 is 0 Å². The van der Waals surface area contributed by atoms with Crippen LogP contribution in [-0.2, 0) is 39.1 Å². The van der Waals surface area contributed by atoms with Crippen molar-refractivity contribution in [1.82, 2.24) is 0 Å². The first kappa shape index (κ1) is 38.8. The predicted molar refractivity (Wildman–Crippen MR) is 157 cm³/mol. The van der Waals surface area contributed by atoms with E-state index in [1.807, 2.05) is 125 Å². The van der Waals surface area contributed by atoms with E-state index >= 15 is 0 Å². The van der Waals surface area contributed by atoms with Gasteiger partial charge in [-0.05, 0) is 137 Å². The van der Waals surface area contributed by atoms with Gasteiger partial charge in [0.15, 0.2) is 22.4 Å². The molecule has 8 nitrogen and oxygen atoms in total. The Morgan fingerprint density at radius 1 is 0.300 bits per heavy atom. The van der Waals surface area contributed by atoms with E-state index in [9.17, 15) is 0 Å². The minimum absolute atomic E-state index is 0.394. The lowest BCUT2D eigenvalue weighted by molar-refractivity contribution is -0.400. The lowest BCUT2D eigenvalue weighted by Gasteiger charge is -2.33. The van der Waals surface area contributed by atoms with Gasteiger partial charge in [-0.15, -0.1) is 0 Å². The van der Waals surface area contributed by atoms with Gasteiger partial charge in [-0.1, -0.05) is 23.7 Å². The van der Waals surface area contributed by atoms with Gasteiger partial charge in [-0.3, -0.25) is 0 Å². The Hall–Kier alpha value is -1.20. The highest BCUT2D eigenvalue weighted by atomic mass is 17.2. The largest absolute Gasteiger partial charge is 0.229 e. The molecule has 0 radical (unpaired) electrons. The minimum atomic E-state index is -1.04. The van der Waals surface area contributed by atoms with Crippen molar-refractivity contribution in [3.8, 4) is 23.7 Å². The van der Waals surface area contributed by atoms with E-state index in [1.54, 1.807) is 0 Å². The van der Waals surface area contributed by atoms with Crippen LogP contribution in [0.5, 0.6) is 0 Å². The minimum Gasteiger partial charge on any atom is -0.229 e. The Morgan fingerprint density at radius 2 is 0.525 bits per heavy atom. The second-order valence-electron chi connectivity index (χ2n) is 15.6. The van der Waals surface area contributed by atoms with Gasteiger partial charge in [-0.2, -0.15) is 0 Å². The summed E-state index contributed by atoms with van der Waals surface area (Å²) in [6, 6.07) is 0. The molecule has 0 aliphatic carbocycles. The molecule has 0 saturated carbocycles. The van der Waals surface area contributed by atoms with Gasteiger partial charge in [0.05, 0.1) is 22.4 Å². The Kier molecular flexibility index (Phi) is 13.4. The first-order valence-corrected chi connectivity index (χ1v) is 14.0. The maximum absolute atomic E-state index is 5.94. The standard InChI is InChI=1S/C32H58O8/c1-25(2,3)33-37-29(13,14)19-21-31(17,39-35-27(7,8)9)23-24-32(18,40-36-28(10,11)12)22-20-30(15,16)38-34-26(4,5)6/h23-24H2,1-18H3. The fraction of sp³-hybridized carbons (Fsp3) is 0.875. The van der Waals surface area contributed by atoms with Gasteiger partial charge >= 0.3 is 0 Å². The zero-order valence-electron chi connectivity index (χ0n) is 28.7. The molecule has 2 atom stereocenters. The Morgan fingerprint density at radius 3 is 0.750 bits per heavy atom. The molecule has 0 bridgehead atoms. The number of hydrogen-bond acceptors (Lipinski definition) is 8. The van der Waals surface area contributed by atoms with Crippen LogP contribution in [0, 0.1) is 23.7 Å². The molecular formula is C32H58O8.